The van der Waals surface area contributed by atoms with Crippen molar-refractivity contribution in [2.75, 3.05) is 13.7 Å². The van der Waals surface area contributed by atoms with E-state index in [9.17, 15) is 25.2 Å². The Morgan fingerprint density at radius 3 is 2.24 bits per heavy atom. The quantitative estimate of drug-likeness (QED) is 0.0614. The molecule has 0 radical (unpaired) electrons. The van der Waals surface area contributed by atoms with Crippen molar-refractivity contribution in [2.24, 2.45) is 80.3 Å². The molecule has 10 aliphatic rings. The van der Waals surface area contributed by atoms with E-state index < -0.39 is 46.3 Å². The molecular weight excluding hydrogens is 1130 g/mol. The maximum Gasteiger partial charge on any atom is 0.306 e. The van der Waals surface area contributed by atoms with Gasteiger partial charge in [0.25, 0.3) is 0 Å². The van der Waals surface area contributed by atoms with E-state index in [0.29, 0.717) is 56.0 Å². The summed E-state index contributed by atoms with van der Waals surface area (Å²) in [5, 5.41) is 51.5. The molecule has 0 aliphatic heterocycles. The number of phenolic OH excluding ortho intramolecular Hbond substituents is 1. The Morgan fingerprint density at radius 1 is 0.761 bits per heavy atom. The van der Waals surface area contributed by atoms with Crippen LogP contribution in [-0.2, 0) is 28.8 Å². The number of fused-ring (bicyclic) bond motifs is 3. The van der Waals surface area contributed by atoms with Gasteiger partial charge >= 0.3 is 5.97 Å². The molecule has 15 rings (SSSR count). The zero-order chi connectivity index (χ0) is 63.3. The Kier molecular flexibility index (Phi) is 16.2. The van der Waals surface area contributed by atoms with Gasteiger partial charge in [-0.1, -0.05) is 209 Å². The first kappa shape index (κ1) is 61.8. The molecule has 4 saturated carbocycles. The Morgan fingerprint density at radius 2 is 1.49 bits per heavy atom. The number of aryl methyl sites for hydroxylation is 1. The molecule has 92 heavy (non-hydrogen) atoms. The van der Waals surface area contributed by atoms with Gasteiger partial charge in [0, 0.05) is 40.6 Å². The molecular formula is C86H100O6. The molecule has 480 valence electrons. The standard InChI is InChI=1S/C86H100O6/c1-54(55(2)59-19-10-7-11-20-59)24-39-71(80(90)91)79-76(88)53-85(64-34-30-62(31-35-64)67(40-27-56-16-8-6-9-17-56)61-28-25-57(26-29-61)43-47-92-5)75-52-84-45-15-44-82(3)77(89)50-65-36-41-70-68-22-12-13-23-69(68)72(49-58-18-14-21-63(48-58)60-32-37-66(87)38-33-60)73(51-84)78(70)86(65,81(82)84)74(75)42-46-83(79,85)4/h6,8-9,12-18,21-23,25-26,28-29,32-33,36-38,41,45,48,51,55,59,62,64-65,67,71,76-79,81,87-89H,1,7,10-11,19-20,24,27,30-31,34-35,39-40,42-44,46-47,49-50,52-53H2,2-5H3,(H,90,91). The number of hydrogen-bond donors (Lipinski definition) is 4. The van der Waals surface area contributed by atoms with Gasteiger partial charge in [0.05, 0.1) is 24.7 Å². The van der Waals surface area contributed by atoms with Crippen molar-refractivity contribution in [3.05, 3.63) is 219 Å². The number of ether oxygens (including phenoxy) is 1. The first-order valence-corrected chi connectivity index (χ1v) is 36.0. The predicted octanol–water partition coefficient (Wildman–Crippen LogP) is 17.2. The lowest BCUT2D eigenvalue weighted by molar-refractivity contribution is -0.182. The van der Waals surface area contributed by atoms with Gasteiger partial charge in [-0.15, -0.1) is 0 Å². The van der Waals surface area contributed by atoms with E-state index >= 15 is 0 Å². The maximum atomic E-state index is 14.5. The van der Waals surface area contributed by atoms with E-state index in [1.54, 1.807) is 30.4 Å². The Labute approximate surface area is 548 Å². The van der Waals surface area contributed by atoms with Crippen molar-refractivity contribution in [3.8, 4) is 16.9 Å². The number of methoxy groups -OCH3 is 1. The van der Waals surface area contributed by atoms with Crippen LogP contribution in [0.2, 0.25) is 0 Å². The molecule has 5 aromatic carbocycles. The second kappa shape index (κ2) is 24.2. The number of carbonyl (C=O) groups is 1. The molecule has 6 nitrogen and oxygen atoms in total. The average molecular weight is 1230 g/mol. The largest absolute Gasteiger partial charge is 0.508 e. The third-order valence-corrected chi connectivity index (χ3v) is 27.6. The second-order valence-corrected chi connectivity index (χ2v) is 31.6. The summed E-state index contributed by atoms with van der Waals surface area (Å²) in [5.74, 6) is 0.768. The lowest BCUT2D eigenvalue weighted by Gasteiger charge is -2.75. The summed E-state index contributed by atoms with van der Waals surface area (Å²) in [4.78, 5) is 14.5. The third-order valence-electron chi connectivity index (χ3n) is 27.6. The molecule has 1 spiro atoms. The fourth-order valence-electron chi connectivity index (χ4n) is 23.6. The number of benzene rings is 5. The summed E-state index contributed by atoms with van der Waals surface area (Å²) >= 11 is 0. The second-order valence-electron chi connectivity index (χ2n) is 31.6. The number of aliphatic hydroxyl groups excluding tert-OH is 2. The fourth-order valence-corrected chi connectivity index (χ4v) is 23.6. The molecule has 6 heteroatoms. The molecule has 0 heterocycles. The van der Waals surface area contributed by atoms with Crippen molar-refractivity contribution >= 4 is 17.1 Å². The van der Waals surface area contributed by atoms with Gasteiger partial charge in [0.15, 0.2) is 0 Å². The van der Waals surface area contributed by atoms with E-state index in [2.05, 4.69) is 154 Å². The van der Waals surface area contributed by atoms with Crippen LogP contribution in [0.1, 0.15) is 165 Å². The predicted molar refractivity (Wildman–Crippen MR) is 371 cm³/mol. The number of rotatable bonds is 19. The molecule has 4 N–H and O–H groups in total. The van der Waals surface area contributed by atoms with Gasteiger partial charge in [-0.05, 0) is 235 Å². The number of carboxylic acid groups (broad SMARTS) is 1. The number of phenols is 1. The number of allylic oxidation sites excluding steroid dienone is 9. The number of carboxylic acids is 1. The third kappa shape index (κ3) is 9.80. The molecule has 5 aromatic rings. The molecule has 2 bridgehead atoms. The Bertz CT molecular complexity index is 3890. The van der Waals surface area contributed by atoms with Crippen molar-refractivity contribution in [1.82, 2.24) is 0 Å². The van der Waals surface area contributed by atoms with Crippen molar-refractivity contribution in [2.45, 2.75) is 174 Å². The summed E-state index contributed by atoms with van der Waals surface area (Å²) < 4.78 is 5.51. The normalized spacial score (nSPS) is 34.2. The van der Waals surface area contributed by atoms with Gasteiger partial charge in [-0.25, -0.2) is 0 Å². The van der Waals surface area contributed by atoms with Crippen molar-refractivity contribution < 1.29 is 30.0 Å². The van der Waals surface area contributed by atoms with E-state index in [0.717, 1.165) is 88.2 Å². The summed E-state index contributed by atoms with van der Waals surface area (Å²) in [5.41, 5.74) is 14.2. The first-order chi connectivity index (χ1) is 44.6. The van der Waals surface area contributed by atoms with Crippen LogP contribution < -0.4 is 10.4 Å². The minimum atomic E-state index is -0.770. The summed E-state index contributed by atoms with van der Waals surface area (Å²) in [6.45, 7) is 12.8. The van der Waals surface area contributed by atoms with Gasteiger partial charge in [0.1, 0.15) is 5.75 Å². The highest BCUT2D eigenvalue weighted by atomic mass is 16.5. The summed E-state index contributed by atoms with van der Waals surface area (Å²) in [6.07, 6.45) is 32.0. The molecule has 10 aliphatic carbocycles. The number of aromatic hydroxyl groups is 1. The topological polar surface area (TPSA) is 107 Å². The molecule has 0 amide bonds. The van der Waals surface area contributed by atoms with Gasteiger partial charge in [0.2, 0.25) is 0 Å². The Hall–Kier alpha value is -6.31. The fraction of sp³-hybridized carbons (Fsp3) is 0.500. The zero-order valence-corrected chi connectivity index (χ0v) is 55.3. The highest BCUT2D eigenvalue weighted by molar-refractivity contribution is 5.84. The van der Waals surface area contributed by atoms with Crippen molar-refractivity contribution in [3.63, 3.8) is 0 Å². The van der Waals surface area contributed by atoms with Crippen LogP contribution in [0, 0.1) is 80.3 Å². The van der Waals surface area contributed by atoms with Gasteiger partial charge in [-0.3, -0.25) is 4.79 Å². The van der Waals surface area contributed by atoms with E-state index in [-0.39, 0.29) is 40.3 Å². The minimum Gasteiger partial charge on any atom is -0.508 e. The molecule has 0 saturated heterocycles. The Balaban J connectivity index is 0.881. The summed E-state index contributed by atoms with van der Waals surface area (Å²) in [6, 6.07) is 46.4. The van der Waals surface area contributed by atoms with Crippen LogP contribution in [0.15, 0.2) is 187 Å². The molecule has 4 fully saturated rings. The van der Waals surface area contributed by atoms with E-state index in [4.69, 9.17) is 11.3 Å². The van der Waals surface area contributed by atoms with Crippen LogP contribution in [0.4, 0.5) is 0 Å². The van der Waals surface area contributed by atoms with Gasteiger partial charge in [-0.2, -0.15) is 0 Å². The van der Waals surface area contributed by atoms with Crippen LogP contribution in [-0.4, -0.2) is 52.3 Å². The van der Waals surface area contributed by atoms with E-state index in [1.807, 2.05) is 12.1 Å². The van der Waals surface area contributed by atoms with Gasteiger partial charge < -0.3 is 25.2 Å². The van der Waals surface area contributed by atoms with Crippen LogP contribution >= 0.6 is 0 Å². The smallest absolute Gasteiger partial charge is 0.306 e. The number of aliphatic carboxylic acids is 1. The highest BCUT2D eigenvalue weighted by Gasteiger charge is 2.78. The number of aliphatic hydroxyl groups is 2. The van der Waals surface area contributed by atoms with E-state index in [1.165, 1.54) is 87.1 Å². The van der Waals surface area contributed by atoms with Crippen LogP contribution in [0.5, 0.6) is 5.75 Å². The maximum absolute atomic E-state index is 14.5. The number of hydrogen-bond acceptors (Lipinski definition) is 5. The molecule has 14 atom stereocenters. The lowest BCUT2D eigenvalue weighted by atomic mass is 9.28. The average Bonchev–Trinajstić information content (AvgIpc) is 1.24. The zero-order valence-electron chi connectivity index (χ0n) is 55.3. The van der Waals surface area contributed by atoms with Crippen LogP contribution in [0.3, 0.4) is 0 Å². The highest BCUT2D eigenvalue weighted by Crippen LogP contribution is 2.84. The van der Waals surface area contributed by atoms with Crippen molar-refractivity contribution in [1.29, 1.82) is 0 Å². The first-order valence-electron chi connectivity index (χ1n) is 36.0. The SMILES string of the molecule is C=C(CCC(C(=O)O)C1C(O)CC2(C3CCC(C(CCc4ccccc4)c4ccc(CCOC)cc4)CC3)C3=C(CCC12C)C12C4C=CC5=c6ccccc6=C(Cc6cccc(-c7ccc(O)cc7)c6)C(=CC6(C=CCC(C)(C(O)C4)C61)C3)C52)C(C)C1CCCCC1. The molecule has 0 aromatic heterocycles. The minimum absolute atomic E-state index is 0.0545. The summed E-state index contributed by atoms with van der Waals surface area (Å²) in [7, 11) is 1.78. The molecule has 14 unspecified atom stereocenters. The lowest BCUT2D eigenvalue weighted by Crippen LogP contribution is -2.71. The monoisotopic (exact) mass is 1230 g/mol. The van der Waals surface area contributed by atoms with Crippen LogP contribution in [0.25, 0.3) is 22.3 Å².